The Bertz CT molecular complexity index is 3250. The number of esters is 1. The molecule has 2 aromatic carbocycles. The van der Waals surface area contributed by atoms with Gasteiger partial charge in [-0.25, -0.2) is 14.2 Å². The van der Waals surface area contributed by atoms with Crippen molar-refractivity contribution in [3.05, 3.63) is 110 Å². The molecule has 0 radical (unpaired) electrons. The Morgan fingerprint density at radius 3 is 2.29 bits per heavy atom. The number of fused-ring (bicyclic) bond motifs is 5. The first kappa shape index (κ1) is 55.6. The second-order valence-corrected chi connectivity index (χ2v) is 20.5. The summed E-state index contributed by atoms with van der Waals surface area (Å²) in [6.45, 7) is 1.48. The fraction of sp³-hybridized carbons (Fsp3) is 0.446. The third-order valence-electron chi connectivity index (χ3n) is 15.4. The van der Waals surface area contributed by atoms with E-state index < -0.39 is 90.3 Å². The van der Waals surface area contributed by atoms with Crippen LogP contribution in [0.15, 0.2) is 59.4 Å². The number of aryl methyl sites for hydroxylation is 1. The lowest BCUT2D eigenvalue weighted by atomic mass is 9.81. The van der Waals surface area contributed by atoms with Gasteiger partial charge in [-0.3, -0.25) is 48.1 Å². The summed E-state index contributed by atoms with van der Waals surface area (Å²) in [5, 5.41) is 24.8. The highest BCUT2D eigenvalue weighted by Crippen LogP contribution is 2.48. The highest BCUT2D eigenvalue weighted by molar-refractivity contribution is 6.12. The van der Waals surface area contributed by atoms with Gasteiger partial charge in [0.05, 0.1) is 54.7 Å². The molecule has 0 saturated heterocycles. The molecule has 79 heavy (non-hydrogen) atoms. The van der Waals surface area contributed by atoms with Crippen molar-refractivity contribution >= 4 is 64.1 Å². The third kappa shape index (κ3) is 11.7. The minimum absolute atomic E-state index is 0.0402. The molecule has 1 unspecified atom stereocenters. The lowest BCUT2D eigenvalue weighted by Gasteiger charge is -2.36. The first-order valence-corrected chi connectivity index (χ1v) is 26.5. The molecule has 23 heteroatoms. The number of pyridine rings is 2. The minimum Gasteiger partial charge on any atom is -0.458 e. The number of rotatable bonds is 23. The van der Waals surface area contributed by atoms with Crippen LogP contribution in [0, 0.1) is 18.7 Å². The van der Waals surface area contributed by atoms with Gasteiger partial charge in [-0.1, -0.05) is 43.7 Å². The number of hydrogen-bond acceptors (Lipinski definition) is 14. The number of halogens is 1. The normalized spacial score (nSPS) is 18.5. The van der Waals surface area contributed by atoms with Crippen molar-refractivity contribution in [2.24, 2.45) is 5.92 Å². The summed E-state index contributed by atoms with van der Waals surface area (Å²) in [6.07, 6.45) is 5.31. The molecule has 2 aromatic heterocycles. The molecule has 6 N–H and O–H groups in total. The second kappa shape index (κ2) is 23.4. The van der Waals surface area contributed by atoms with Crippen LogP contribution in [0.25, 0.3) is 22.3 Å². The number of imide groups is 1. The monoisotopic (exact) mass is 1090 g/mol. The van der Waals surface area contributed by atoms with Crippen molar-refractivity contribution in [3.8, 4) is 11.4 Å². The van der Waals surface area contributed by atoms with Crippen LogP contribution in [0.5, 0.6) is 0 Å². The van der Waals surface area contributed by atoms with E-state index >= 15 is 4.39 Å². The molecule has 8 amide bonds. The summed E-state index contributed by atoms with van der Waals surface area (Å²) in [5.74, 6) is -5.68. The van der Waals surface area contributed by atoms with Crippen LogP contribution in [0.2, 0.25) is 0 Å². The lowest BCUT2D eigenvalue weighted by molar-refractivity contribution is -0.172. The summed E-state index contributed by atoms with van der Waals surface area (Å²) in [7, 11) is 1.66. The highest BCUT2D eigenvalue weighted by atomic mass is 19.1. The molecular formula is C56H62FN9O13. The predicted molar refractivity (Wildman–Crippen MR) is 279 cm³/mol. The average Bonchev–Trinajstić information content (AvgIpc) is 4.25. The number of aromatic nitrogens is 2. The standard InChI is InChI=1S/C56H62FN9O13/c1-4-56(77)36-22-41-50-34(27-66(41)53(74)35(36)28-78-55(56)76)49-40(17-16-33-30(2)37(57)23-38(63-50)48(33)49)64(3)54(75)51(32-14-15-32)79-29-61-44(69)25-60-52(73)39(21-31-11-7-5-8-12-31)62-45(70)26-59-43(68)24-58-42(67)13-9-6-10-20-65-46(71)18-19-47(65)72/h5,7-8,11-12,18-19,22-23,32,39-40,51,77H,4,6,9-10,13-17,20-21,24-29H2,1-3H3,(H,58,67)(H,59,68)(H,60,73)(H,61,69)(H,62,70)/t39-,40-,51?,56-/m0/s1. The van der Waals surface area contributed by atoms with E-state index in [0.29, 0.717) is 89.5 Å². The molecule has 4 atom stereocenters. The fourth-order valence-corrected chi connectivity index (χ4v) is 10.8. The van der Waals surface area contributed by atoms with Crippen molar-refractivity contribution in [3.63, 3.8) is 0 Å². The molecular weight excluding hydrogens is 1030 g/mol. The number of aliphatic hydroxyl groups is 1. The molecule has 1 saturated carbocycles. The number of ether oxygens (including phenoxy) is 2. The van der Waals surface area contributed by atoms with Gasteiger partial charge in [0.25, 0.3) is 23.3 Å². The molecule has 3 aliphatic heterocycles. The number of likely N-dealkylation sites (N-methyl/N-ethyl adjacent to an activating group) is 1. The van der Waals surface area contributed by atoms with Crippen LogP contribution in [0.4, 0.5) is 4.39 Å². The van der Waals surface area contributed by atoms with Gasteiger partial charge in [0.2, 0.25) is 29.5 Å². The van der Waals surface area contributed by atoms with Crippen LogP contribution < -0.4 is 32.1 Å². The summed E-state index contributed by atoms with van der Waals surface area (Å²) in [4.78, 5) is 137. The van der Waals surface area contributed by atoms with Crippen molar-refractivity contribution in [2.75, 3.05) is 40.0 Å². The molecule has 5 aliphatic rings. The maximum absolute atomic E-state index is 15.6. The second-order valence-electron chi connectivity index (χ2n) is 20.5. The van der Waals surface area contributed by atoms with Crippen molar-refractivity contribution < 1.29 is 62.1 Å². The number of hydrogen-bond donors (Lipinski definition) is 6. The largest absolute Gasteiger partial charge is 0.458 e. The Labute approximate surface area is 452 Å². The Morgan fingerprint density at radius 2 is 1.57 bits per heavy atom. The number of amides is 8. The average molecular weight is 1090 g/mol. The quantitative estimate of drug-likeness (QED) is 0.0234. The van der Waals surface area contributed by atoms with Gasteiger partial charge in [0.15, 0.2) is 5.60 Å². The summed E-state index contributed by atoms with van der Waals surface area (Å²) < 4.78 is 28.5. The van der Waals surface area contributed by atoms with E-state index in [0.717, 1.165) is 10.5 Å². The molecule has 5 heterocycles. The van der Waals surface area contributed by atoms with Crippen LogP contribution in [0.3, 0.4) is 0 Å². The van der Waals surface area contributed by atoms with E-state index in [9.17, 15) is 53.1 Å². The lowest BCUT2D eigenvalue weighted by Crippen LogP contribution is -2.52. The van der Waals surface area contributed by atoms with E-state index in [1.54, 1.807) is 62.2 Å². The molecule has 416 valence electrons. The Morgan fingerprint density at radius 1 is 0.873 bits per heavy atom. The summed E-state index contributed by atoms with van der Waals surface area (Å²) in [5.41, 5.74) is 2.07. The molecule has 9 rings (SSSR count). The van der Waals surface area contributed by atoms with Crippen LogP contribution in [-0.2, 0) is 84.2 Å². The van der Waals surface area contributed by atoms with Crippen molar-refractivity contribution in [1.29, 1.82) is 0 Å². The third-order valence-corrected chi connectivity index (χ3v) is 15.4. The summed E-state index contributed by atoms with van der Waals surface area (Å²) in [6, 6.07) is 10.00. The number of nitrogens with one attached hydrogen (secondary N) is 5. The number of carbonyl (C=O) groups is 9. The van der Waals surface area contributed by atoms with Crippen molar-refractivity contribution in [2.45, 2.75) is 115 Å². The maximum atomic E-state index is 15.6. The zero-order valence-corrected chi connectivity index (χ0v) is 44.0. The Hall–Kier alpha value is -8.18. The molecule has 1 fully saturated rings. The van der Waals surface area contributed by atoms with Gasteiger partial charge in [0, 0.05) is 61.2 Å². The zero-order valence-electron chi connectivity index (χ0n) is 44.0. The van der Waals surface area contributed by atoms with Gasteiger partial charge in [-0.2, -0.15) is 0 Å². The molecule has 0 spiro atoms. The zero-order chi connectivity index (χ0) is 56.3. The van der Waals surface area contributed by atoms with E-state index in [1.165, 1.54) is 22.8 Å². The molecule has 22 nitrogen and oxygen atoms in total. The van der Waals surface area contributed by atoms with Gasteiger partial charge in [-0.15, -0.1) is 0 Å². The minimum atomic E-state index is -2.06. The molecule has 2 aliphatic carbocycles. The van der Waals surface area contributed by atoms with E-state index in [-0.39, 0.29) is 80.5 Å². The van der Waals surface area contributed by atoms with E-state index in [2.05, 4.69) is 26.6 Å². The SMILES string of the molecule is CC[C@@]1(O)C(=O)OCc2c1cc1n(c2=O)Cc2c-1nc1cc(F)c(C)c3c1c2[C@@H](N(C)C(=O)C(OCNC(=O)CNC(=O)[C@H](Cc1ccccc1)NC(=O)CNC(=O)CNC(=O)CCCCCN1C(=O)C=CC1=O)C1CC1)CC3. The molecule has 0 bridgehead atoms. The van der Waals surface area contributed by atoms with Gasteiger partial charge < -0.3 is 50.6 Å². The maximum Gasteiger partial charge on any atom is 0.343 e. The van der Waals surface area contributed by atoms with Crippen LogP contribution >= 0.6 is 0 Å². The topological polar surface area (TPSA) is 294 Å². The molecule has 4 aromatic rings. The van der Waals surface area contributed by atoms with Crippen LogP contribution in [0.1, 0.15) is 103 Å². The number of cyclic esters (lactones) is 1. The van der Waals surface area contributed by atoms with E-state index in [4.69, 9.17) is 14.5 Å². The Kier molecular flexibility index (Phi) is 16.5. The van der Waals surface area contributed by atoms with Gasteiger partial charge in [0.1, 0.15) is 31.3 Å². The van der Waals surface area contributed by atoms with Crippen molar-refractivity contribution in [1.82, 2.24) is 45.9 Å². The number of carbonyl (C=O) groups excluding carboxylic acids is 9. The van der Waals surface area contributed by atoms with Gasteiger partial charge in [-0.05, 0) is 86.1 Å². The number of benzene rings is 2. The number of unbranched alkanes of at least 4 members (excludes halogenated alkanes) is 2. The van der Waals surface area contributed by atoms with Gasteiger partial charge >= 0.3 is 5.97 Å². The first-order chi connectivity index (χ1) is 37.9. The summed E-state index contributed by atoms with van der Waals surface area (Å²) >= 11 is 0. The van der Waals surface area contributed by atoms with Crippen LogP contribution in [-0.4, -0.2) is 130 Å². The smallest absolute Gasteiger partial charge is 0.343 e. The number of nitrogens with zero attached hydrogens (tertiary/aromatic N) is 4. The fourth-order valence-electron chi connectivity index (χ4n) is 10.8. The predicted octanol–water partition coefficient (Wildman–Crippen LogP) is 1.40. The highest BCUT2D eigenvalue weighted by Gasteiger charge is 2.47. The van der Waals surface area contributed by atoms with E-state index in [1.807, 2.05) is 0 Å². The Balaban J connectivity index is 0.790. The first-order valence-electron chi connectivity index (χ1n) is 26.5.